The minimum Gasteiger partial charge on any atom is -0.256 e. The molecule has 0 saturated carbocycles. The van der Waals surface area contributed by atoms with Gasteiger partial charge in [-0.25, -0.2) is 0 Å². The van der Waals surface area contributed by atoms with Gasteiger partial charge in [0.05, 0.1) is 13.6 Å². The zero-order chi connectivity index (χ0) is 16.1. The molecular weight excluding hydrogens is 282 g/mol. The van der Waals surface area contributed by atoms with E-state index in [0.717, 1.165) is 5.52 Å². The van der Waals surface area contributed by atoms with Crippen LogP contribution in [0.3, 0.4) is 0 Å². The summed E-state index contributed by atoms with van der Waals surface area (Å²) < 4.78 is 0. The predicted octanol–water partition coefficient (Wildman–Crippen LogP) is 6.07. The van der Waals surface area contributed by atoms with E-state index < -0.39 is 8.07 Å². The molecule has 114 valence electrons. The van der Waals surface area contributed by atoms with Crippen LogP contribution in [0.1, 0.15) is 26.3 Å². The van der Waals surface area contributed by atoms with E-state index in [1.54, 1.807) is 5.57 Å². The van der Waals surface area contributed by atoms with Gasteiger partial charge in [0.1, 0.15) is 0 Å². The maximum Gasteiger partial charge on any atom is 0.0777 e. The van der Waals surface area contributed by atoms with E-state index in [-0.39, 0.29) is 0 Å². The molecule has 1 heterocycles. The second kappa shape index (κ2) is 5.20. The molecule has 0 aliphatic heterocycles. The molecule has 2 aromatic rings. The molecule has 1 atom stereocenters. The molecule has 1 aliphatic carbocycles. The highest BCUT2D eigenvalue weighted by Gasteiger charge is 2.38. The molecule has 0 N–H and O–H groups in total. The van der Waals surface area contributed by atoms with Crippen molar-refractivity contribution in [2.75, 3.05) is 0 Å². The van der Waals surface area contributed by atoms with E-state index in [9.17, 15) is 0 Å². The van der Waals surface area contributed by atoms with Gasteiger partial charge < -0.3 is 0 Å². The lowest BCUT2D eigenvalue weighted by molar-refractivity contribution is 1.15. The summed E-state index contributed by atoms with van der Waals surface area (Å²) in [6.45, 7) is 14.3. The number of rotatable bonds is 2. The van der Waals surface area contributed by atoms with Crippen LogP contribution in [-0.4, -0.2) is 13.1 Å². The topological polar surface area (TPSA) is 12.9 Å². The summed E-state index contributed by atoms with van der Waals surface area (Å²) in [6.07, 6.45) is 1.91. The minimum atomic E-state index is -1.35. The zero-order valence-corrected chi connectivity index (χ0v) is 15.5. The SMILES string of the molecule is CC1=C(C)C([Si](C)(C)C)C(c2cccc3cccnc23)=C1C. The quantitative estimate of drug-likeness (QED) is 0.614. The van der Waals surface area contributed by atoms with E-state index in [2.05, 4.69) is 69.7 Å². The molecule has 1 aliphatic rings. The second-order valence-electron chi connectivity index (χ2n) is 7.53. The van der Waals surface area contributed by atoms with Crippen molar-refractivity contribution in [3.05, 3.63) is 58.8 Å². The molecule has 1 nitrogen and oxygen atoms in total. The Kier molecular flexibility index (Phi) is 3.60. The average Bonchev–Trinajstić information content (AvgIpc) is 2.70. The van der Waals surface area contributed by atoms with Crippen LogP contribution in [0.5, 0.6) is 0 Å². The number of aromatic nitrogens is 1. The molecule has 3 rings (SSSR count). The Hall–Kier alpha value is -1.67. The highest BCUT2D eigenvalue weighted by molar-refractivity contribution is 6.80. The van der Waals surface area contributed by atoms with Crippen molar-refractivity contribution in [3.63, 3.8) is 0 Å². The van der Waals surface area contributed by atoms with Crippen LogP contribution >= 0.6 is 0 Å². The fourth-order valence-electron chi connectivity index (χ4n) is 3.91. The maximum atomic E-state index is 4.69. The van der Waals surface area contributed by atoms with E-state index in [0.29, 0.717) is 5.54 Å². The second-order valence-corrected chi connectivity index (χ2v) is 12.8. The molecule has 1 aromatic heterocycles. The van der Waals surface area contributed by atoms with E-state index in [4.69, 9.17) is 0 Å². The van der Waals surface area contributed by atoms with Gasteiger partial charge in [-0.3, -0.25) is 4.98 Å². The van der Waals surface area contributed by atoms with Crippen molar-refractivity contribution in [2.45, 2.75) is 46.0 Å². The largest absolute Gasteiger partial charge is 0.256 e. The van der Waals surface area contributed by atoms with Gasteiger partial charge in [0.25, 0.3) is 0 Å². The summed E-state index contributed by atoms with van der Waals surface area (Å²) in [5.74, 6) is 0. The van der Waals surface area contributed by atoms with Crippen LogP contribution in [0.15, 0.2) is 53.2 Å². The summed E-state index contributed by atoms with van der Waals surface area (Å²) in [4.78, 5) is 4.69. The Balaban J connectivity index is 2.30. The normalized spacial score (nSPS) is 19.5. The molecule has 1 aromatic carbocycles. The molecule has 0 fully saturated rings. The van der Waals surface area contributed by atoms with Gasteiger partial charge in [-0.05, 0) is 43.6 Å². The Morgan fingerprint density at radius 3 is 2.27 bits per heavy atom. The standard InChI is InChI=1S/C20H25NSi/c1-13-14(2)18(20(15(13)3)22(4,5)6)17-11-7-9-16-10-8-12-21-19(16)17/h7-12,20H,1-6H3. The van der Waals surface area contributed by atoms with Crippen molar-refractivity contribution in [1.29, 1.82) is 0 Å². The lowest BCUT2D eigenvalue weighted by atomic mass is 9.97. The van der Waals surface area contributed by atoms with Gasteiger partial charge in [0.15, 0.2) is 0 Å². The average molecular weight is 308 g/mol. The first-order chi connectivity index (χ1) is 10.3. The highest BCUT2D eigenvalue weighted by atomic mass is 28.3. The third kappa shape index (κ3) is 2.26. The number of pyridine rings is 1. The molecule has 0 saturated heterocycles. The van der Waals surface area contributed by atoms with Crippen molar-refractivity contribution in [1.82, 2.24) is 4.98 Å². The third-order valence-electron chi connectivity index (χ3n) is 5.07. The summed E-state index contributed by atoms with van der Waals surface area (Å²) in [7, 11) is -1.35. The third-order valence-corrected chi connectivity index (χ3v) is 7.52. The van der Waals surface area contributed by atoms with Crippen molar-refractivity contribution < 1.29 is 0 Å². The number of fused-ring (bicyclic) bond motifs is 1. The van der Waals surface area contributed by atoms with Crippen molar-refractivity contribution in [3.8, 4) is 0 Å². The first-order valence-corrected chi connectivity index (χ1v) is 11.6. The molecule has 0 bridgehead atoms. The van der Waals surface area contributed by atoms with Gasteiger partial charge in [-0.15, -0.1) is 0 Å². The number of para-hydroxylation sites is 1. The Labute approximate surface area is 134 Å². The first kappa shape index (κ1) is 15.2. The molecule has 0 amide bonds. The van der Waals surface area contributed by atoms with Gasteiger partial charge in [0, 0.05) is 22.7 Å². The van der Waals surface area contributed by atoms with Gasteiger partial charge in [-0.2, -0.15) is 0 Å². The number of hydrogen-bond acceptors (Lipinski definition) is 1. The molecule has 2 heteroatoms. The maximum absolute atomic E-state index is 4.69. The van der Waals surface area contributed by atoms with E-state index >= 15 is 0 Å². The summed E-state index contributed by atoms with van der Waals surface area (Å²) in [6, 6.07) is 10.8. The smallest absolute Gasteiger partial charge is 0.0777 e. The lowest BCUT2D eigenvalue weighted by Gasteiger charge is -2.30. The fourth-order valence-corrected chi connectivity index (χ4v) is 6.66. The first-order valence-electron chi connectivity index (χ1n) is 8.05. The minimum absolute atomic E-state index is 0.597. The van der Waals surface area contributed by atoms with Crippen LogP contribution in [0, 0.1) is 0 Å². The van der Waals surface area contributed by atoms with Crippen LogP contribution in [0.25, 0.3) is 16.5 Å². The molecular formula is C20H25NSi. The molecule has 0 spiro atoms. The van der Waals surface area contributed by atoms with Crippen molar-refractivity contribution >= 4 is 24.5 Å². The number of benzene rings is 1. The number of allylic oxidation sites excluding steroid dienone is 4. The van der Waals surface area contributed by atoms with Crippen LogP contribution in [-0.2, 0) is 0 Å². The van der Waals surface area contributed by atoms with Crippen LogP contribution in [0.2, 0.25) is 25.2 Å². The Bertz CT molecular complexity index is 801. The Morgan fingerprint density at radius 2 is 1.59 bits per heavy atom. The zero-order valence-electron chi connectivity index (χ0n) is 14.5. The lowest BCUT2D eigenvalue weighted by Crippen LogP contribution is -2.29. The summed E-state index contributed by atoms with van der Waals surface area (Å²) in [5, 5.41) is 1.23. The highest BCUT2D eigenvalue weighted by Crippen LogP contribution is 2.52. The van der Waals surface area contributed by atoms with Gasteiger partial charge >= 0.3 is 0 Å². The van der Waals surface area contributed by atoms with Gasteiger partial charge in [0.2, 0.25) is 0 Å². The fraction of sp³-hybridized carbons (Fsp3) is 0.350. The molecule has 1 unspecified atom stereocenters. The summed E-state index contributed by atoms with van der Waals surface area (Å²) >= 11 is 0. The molecule has 22 heavy (non-hydrogen) atoms. The van der Waals surface area contributed by atoms with E-state index in [1.807, 2.05) is 12.3 Å². The Morgan fingerprint density at radius 1 is 0.909 bits per heavy atom. The van der Waals surface area contributed by atoms with Gasteiger partial charge in [-0.1, -0.05) is 49.5 Å². The molecule has 0 radical (unpaired) electrons. The number of nitrogens with zero attached hydrogens (tertiary/aromatic N) is 1. The van der Waals surface area contributed by atoms with Crippen LogP contribution in [0.4, 0.5) is 0 Å². The van der Waals surface area contributed by atoms with E-state index in [1.165, 1.54) is 27.7 Å². The monoisotopic (exact) mass is 307 g/mol. The van der Waals surface area contributed by atoms with Crippen LogP contribution < -0.4 is 0 Å². The predicted molar refractivity (Wildman–Crippen MR) is 99.8 cm³/mol. The summed E-state index contributed by atoms with van der Waals surface area (Å²) in [5.41, 5.74) is 9.11. The number of hydrogen-bond donors (Lipinski definition) is 0. The van der Waals surface area contributed by atoms with Crippen molar-refractivity contribution in [2.24, 2.45) is 0 Å².